The molecule has 0 spiro atoms. The van der Waals surface area contributed by atoms with Gasteiger partial charge in [-0.1, -0.05) is 0 Å². The average Bonchev–Trinajstić information content (AvgIpc) is 2.36. The van der Waals surface area contributed by atoms with Gasteiger partial charge in [-0.3, -0.25) is 4.79 Å². The van der Waals surface area contributed by atoms with Crippen molar-refractivity contribution in [3.05, 3.63) is 30.1 Å². The number of ether oxygens (including phenoxy) is 1. The number of carbonyl (C=O) groups excluding carboxylic acids is 1. The van der Waals surface area contributed by atoms with Gasteiger partial charge in [-0.25, -0.2) is 13.2 Å². The van der Waals surface area contributed by atoms with Crippen LogP contribution in [0.3, 0.4) is 0 Å². The van der Waals surface area contributed by atoms with Crippen LogP contribution in [0.1, 0.15) is 0 Å². The first-order valence-corrected chi connectivity index (χ1v) is 5.70. The molecule has 4 nitrogen and oxygen atoms in total. The largest absolute Gasteiger partial charge is 0.374 e. The van der Waals surface area contributed by atoms with E-state index in [0.717, 1.165) is 0 Å². The Morgan fingerprint density at radius 2 is 1.95 bits per heavy atom. The van der Waals surface area contributed by atoms with Gasteiger partial charge < -0.3 is 15.4 Å². The monoisotopic (exact) mass is 276 g/mol. The zero-order valence-corrected chi connectivity index (χ0v) is 10.2. The number of anilines is 1. The molecule has 0 heterocycles. The SMILES string of the molecule is O=C(CNCCOCC(F)F)Nc1ccc(F)cc1. The lowest BCUT2D eigenvalue weighted by Crippen LogP contribution is -2.30. The van der Waals surface area contributed by atoms with Crippen LogP contribution >= 0.6 is 0 Å². The van der Waals surface area contributed by atoms with Gasteiger partial charge in [0, 0.05) is 12.2 Å². The number of amides is 1. The van der Waals surface area contributed by atoms with Crippen molar-refractivity contribution in [2.75, 3.05) is 31.6 Å². The molecular formula is C12H15F3N2O2. The predicted octanol–water partition coefficient (Wildman–Crippen LogP) is 1.64. The summed E-state index contributed by atoms with van der Waals surface area (Å²) in [6, 6.07) is 5.36. The van der Waals surface area contributed by atoms with Crippen LogP contribution in [0.25, 0.3) is 0 Å². The summed E-state index contributed by atoms with van der Waals surface area (Å²) in [6.45, 7) is -0.184. The summed E-state index contributed by atoms with van der Waals surface area (Å²) < 4.78 is 40.6. The van der Waals surface area contributed by atoms with Crippen molar-refractivity contribution in [2.24, 2.45) is 0 Å². The van der Waals surface area contributed by atoms with E-state index in [2.05, 4.69) is 15.4 Å². The number of alkyl halides is 2. The topological polar surface area (TPSA) is 50.4 Å². The molecule has 0 aliphatic rings. The fourth-order valence-corrected chi connectivity index (χ4v) is 1.26. The lowest BCUT2D eigenvalue weighted by Gasteiger charge is -2.07. The van der Waals surface area contributed by atoms with Gasteiger partial charge in [0.2, 0.25) is 5.91 Å². The normalized spacial score (nSPS) is 10.7. The number of hydrogen-bond donors (Lipinski definition) is 2. The molecular weight excluding hydrogens is 261 g/mol. The van der Waals surface area contributed by atoms with Crippen molar-refractivity contribution in [1.82, 2.24) is 5.32 Å². The van der Waals surface area contributed by atoms with E-state index in [1.807, 2.05) is 0 Å². The van der Waals surface area contributed by atoms with Gasteiger partial charge in [0.25, 0.3) is 6.43 Å². The number of nitrogens with one attached hydrogen (secondary N) is 2. The van der Waals surface area contributed by atoms with E-state index in [-0.39, 0.29) is 24.9 Å². The number of carbonyl (C=O) groups is 1. The number of halogens is 3. The summed E-state index contributed by atoms with van der Waals surface area (Å²) in [4.78, 5) is 11.4. The summed E-state index contributed by atoms with van der Waals surface area (Å²) in [5, 5.41) is 5.28. The van der Waals surface area contributed by atoms with Gasteiger partial charge in [0.05, 0.1) is 13.2 Å². The Bertz CT molecular complexity index is 385. The van der Waals surface area contributed by atoms with E-state index in [0.29, 0.717) is 12.2 Å². The molecule has 0 radical (unpaired) electrons. The van der Waals surface area contributed by atoms with E-state index in [1.165, 1.54) is 24.3 Å². The molecule has 0 saturated heterocycles. The van der Waals surface area contributed by atoms with Crippen LogP contribution in [0.4, 0.5) is 18.9 Å². The third-order valence-electron chi connectivity index (χ3n) is 2.08. The number of hydrogen-bond acceptors (Lipinski definition) is 3. The first-order valence-electron chi connectivity index (χ1n) is 5.70. The minimum Gasteiger partial charge on any atom is -0.374 e. The van der Waals surface area contributed by atoms with Gasteiger partial charge >= 0.3 is 0 Å². The summed E-state index contributed by atoms with van der Waals surface area (Å²) >= 11 is 0. The van der Waals surface area contributed by atoms with E-state index >= 15 is 0 Å². The molecule has 0 aliphatic heterocycles. The van der Waals surface area contributed by atoms with Crippen molar-refractivity contribution < 1.29 is 22.7 Å². The van der Waals surface area contributed by atoms with Crippen LogP contribution in [0, 0.1) is 5.82 Å². The number of rotatable bonds is 8. The zero-order chi connectivity index (χ0) is 14.1. The highest BCUT2D eigenvalue weighted by Crippen LogP contribution is 2.07. The Morgan fingerprint density at radius 1 is 1.26 bits per heavy atom. The lowest BCUT2D eigenvalue weighted by molar-refractivity contribution is -0.115. The van der Waals surface area contributed by atoms with Crippen molar-refractivity contribution in [3.8, 4) is 0 Å². The highest BCUT2D eigenvalue weighted by molar-refractivity contribution is 5.92. The predicted molar refractivity (Wildman–Crippen MR) is 64.7 cm³/mol. The zero-order valence-electron chi connectivity index (χ0n) is 10.2. The third kappa shape index (κ3) is 7.43. The van der Waals surface area contributed by atoms with Gasteiger partial charge in [-0.2, -0.15) is 0 Å². The molecule has 0 unspecified atom stereocenters. The lowest BCUT2D eigenvalue weighted by atomic mass is 10.3. The molecule has 1 aromatic carbocycles. The second kappa shape index (κ2) is 8.49. The van der Waals surface area contributed by atoms with Gasteiger partial charge in [-0.05, 0) is 24.3 Å². The van der Waals surface area contributed by atoms with E-state index < -0.39 is 13.0 Å². The molecule has 0 atom stereocenters. The van der Waals surface area contributed by atoms with Crippen LogP contribution in [0.15, 0.2) is 24.3 Å². The summed E-state index contributed by atoms with van der Waals surface area (Å²) in [6.07, 6.45) is -2.48. The van der Waals surface area contributed by atoms with Crippen molar-refractivity contribution in [3.63, 3.8) is 0 Å². The maximum absolute atomic E-state index is 12.6. The Kier molecular flexibility index (Phi) is 6.91. The van der Waals surface area contributed by atoms with Crippen LogP contribution < -0.4 is 10.6 Å². The molecule has 0 bridgehead atoms. The van der Waals surface area contributed by atoms with E-state index in [4.69, 9.17) is 0 Å². The first kappa shape index (κ1) is 15.5. The Morgan fingerprint density at radius 3 is 2.58 bits per heavy atom. The van der Waals surface area contributed by atoms with Gasteiger partial charge in [0.1, 0.15) is 12.4 Å². The second-order valence-electron chi connectivity index (χ2n) is 3.70. The summed E-state index contributed by atoms with van der Waals surface area (Å²) in [5.41, 5.74) is 0.488. The van der Waals surface area contributed by atoms with Crippen LogP contribution in [0.2, 0.25) is 0 Å². The van der Waals surface area contributed by atoms with Crippen LogP contribution in [-0.2, 0) is 9.53 Å². The Hall–Kier alpha value is -1.60. The quantitative estimate of drug-likeness (QED) is 0.710. The molecule has 0 aliphatic carbocycles. The molecule has 1 rings (SSSR count). The molecule has 1 amide bonds. The molecule has 1 aromatic rings. The highest BCUT2D eigenvalue weighted by Gasteiger charge is 2.03. The molecule has 7 heteroatoms. The minimum absolute atomic E-state index is 0.0232. The van der Waals surface area contributed by atoms with Crippen molar-refractivity contribution in [2.45, 2.75) is 6.43 Å². The first-order chi connectivity index (χ1) is 9.08. The molecule has 19 heavy (non-hydrogen) atoms. The summed E-state index contributed by atoms with van der Waals surface area (Å²) in [5.74, 6) is -0.687. The maximum atomic E-state index is 12.6. The molecule has 0 aromatic heterocycles. The van der Waals surface area contributed by atoms with Crippen LogP contribution in [0.5, 0.6) is 0 Å². The van der Waals surface area contributed by atoms with Crippen molar-refractivity contribution >= 4 is 11.6 Å². The highest BCUT2D eigenvalue weighted by atomic mass is 19.3. The fourth-order valence-electron chi connectivity index (χ4n) is 1.26. The minimum atomic E-state index is -2.48. The number of benzene rings is 1. The molecule has 2 N–H and O–H groups in total. The molecule has 0 fully saturated rings. The van der Waals surface area contributed by atoms with Crippen molar-refractivity contribution in [1.29, 1.82) is 0 Å². The smallest absolute Gasteiger partial charge is 0.261 e. The summed E-state index contributed by atoms with van der Waals surface area (Å²) in [7, 11) is 0. The van der Waals surface area contributed by atoms with Gasteiger partial charge in [0.15, 0.2) is 0 Å². The Labute approximate surface area is 108 Å². The second-order valence-corrected chi connectivity index (χ2v) is 3.70. The van der Waals surface area contributed by atoms with Gasteiger partial charge in [-0.15, -0.1) is 0 Å². The standard InChI is InChI=1S/C12H15F3N2O2/c13-9-1-3-10(4-2-9)17-12(18)7-16-5-6-19-8-11(14)15/h1-4,11,16H,5-8H2,(H,17,18). The fraction of sp³-hybridized carbons (Fsp3) is 0.417. The third-order valence-corrected chi connectivity index (χ3v) is 2.08. The van der Waals surface area contributed by atoms with Crippen LogP contribution in [-0.4, -0.2) is 38.6 Å². The Balaban J connectivity index is 2.09. The van der Waals surface area contributed by atoms with E-state index in [1.54, 1.807) is 0 Å². The average molecular weight is 276 g/mol. The van der Waals surface area contributed by atoms with E-state index in [9.17, 15) is 18.0 Å². The maximum Gasteiger partial charge on any atom is 0.261 e. The molecule has 106 valence electrons. The molecule has 0 saturated carbocycles.